The summed E-state index contributed by atoms with van der Waals surface area (Å²) in [5, 5.41) is 16.8. The highest BCUT2D eigenvalue weighted by Gasteiger charge is 2.38. The number of carboxylic acid groups (broad SMARTS) is 1. The molecule has 0 radical (unpaired) electrons. The first-order chi connectivity index (χ1) is 14.0. The van der Waals surface area contributed by atoms with E-state index in [1.165, 1.54) is 6.20 Å². The predicted molar refractivity (Wildman–Crippen MR) is 93.4 cm³/mol. The van der Waals surface area contributed by atoms with Crippen molar-refractivity contribution >= 4 is 5.97 Å². The van der Waals surface area contributed by atoms with E-state index in [9.17, 15) is 22.0 Å². The molecule has 0 spiro atoms. The number of carbonyl (C=O) groups is 1. The van der Waals surface area contributed by atoms with Crippen LogP contribution in [0.25, 0.3) is 22.8 Å². The minimum absolute atomic E-state index is 0.0852. The fraction of sp³-hybridized carbons (Fsp3) is 0.294. The topological polar surface area (TPSA) is 108 Å². The zero-order valence-electron chi connectivity index (χ0n) is 15.6. The second-order valence-corrected chi connectivity index (χ2v) is 6.16. The maximum atomic E-state index is 12.9. The number of rotatable bonds is 5. The summed E-state index contributed by atoms with van der Waals surface area (Å²) in [6, 6.07) is 7.65. The van der Waals surface area contributed by atoms with Crippen LogP contribution in [0.5, 0.6) is 0 Å². The van der Waals surface area contributed by atoms with E-state index in [0.717, 1.165) is 17.7 Å². The Morgan fingerprint density at radius 2 is 1.97 bits per heavy atom. The number of hydrogen-bond acceptors (Lipinski definition) is 6. The highest BCUT2D eigenvalue weighted by atomic mass is 19.4. The molecule has 3 rings (SSSR count). The van der Waals surface area contributed by atoms with Gasteiger partial charge in [-0.25, -0.2) is 13.6 Å². The summed E-state index contributed by atoms with van der Waals surface area (Å²) in [6.07, 6.45) is -6.50. The molecule has 8 nitrogen and oxygen atoms in total. The summed E-state index contributed by atoms with van der Waals surface area (Å²) in [7, 11) is 3.95. The van der Waals surface area contributed by atoms with Gasteiger partial charge in [0.05, 0.1) is 11.8 Å². The van der Waals surface area contributed by atoms with Crippen molar-refractivity contribution < 1.29 is 36.4 Å². The fourth-order valence-corrected chi connectivity index (χ4v) is 2.26. The molecule has 0 amide bonds. The van der Waals surface area contributed by atoms with Gasteiger partial charge in [-0.05, 0) is 31.8 Å². The van der Waals surface area contributed by atoms with Gasteiger partial charge in [-0.2, -0.15) is 23.3 Å². The van der Waals surface area contributed by atoms with Gasteiger partial charge in [0.1, 0.15) is 5.69 Å². The molecule has 2 N–H and O–H groups in total. The van der Waals surface area contributed by atoms with Crippen LogP contribution in [0.1, 0.15) is 17.7 Å². The number of nitrogens with one attached hydrogen (secondary N) is 1. The first-order valence-electron chi connectivity index (χ1n) is 8.18. The van der Waals surface area contributed by atoms with Crippen molar-refractivity contribution in [2.24, 2.45) is 0 Å². The molecule has 0 bridgehead atoms. The van der Waals surface area contributed by atoms with Crippen LogP contribution < -0.4 is 0 Å². The molecule has 0 aliphatic rings. The van der Waals surface area contributed by atoms with Gasteiger partial charge < -0.3 is 14.5 Å². The summed E-state index contributed by atoms with van der Waals surface area (Å²) in [5.41, 5.74) is 1.65. The molecule has 0 saturated heterocycles. The minimum atomic E-state index is -5.08. The predicted octanol–water partition coefficient (Wildman–Crippen LogP) is 3.76. The van der Waals surface area contributed by atoms with Crippen molar-refractivity contribution in [3.05, 3.63) is 41.7 Å². The second kappa shape index (κ2) is 9.43. The Balaban J connectivity index is 0.000000396. The monoisotopic (exact) mass is 433 g/mol. The minimum Gasteiger partial charge on any atom is -0.475 e. The number of aromatic amines is 1. The first kappa shape index (κ1) is 22.9. The van der Waals surface area contributed by atoms with Crippen LogP contribution in [0.3, 0.4) is 0 Å². The molecule has 13 heteroatoms. The lowest BCUT2D eigenvalue weighted by atomic mass is 10.1. The van der Waals surface area contributed by atoms with Gasteiger partial charge in [0.2, 0.25) is 5.82 Å². The van der Waals surface area contributed by atoms with Crippen molar-refractivity contribution in [2.75, 3.05) is 14.1 Å². The number of nitrogens with zero attached hydrogens (tertiary/aromatic N) is 4. The van der Waals surface area contributed by atoms with E-state index in [0.29, 0.717) is 0 Å². The molecule has 0 saturated carbocycles. The maximum Gasteiger partial charge on any atom is 0.490 e. The largest absolute Gasteiger partial charge is 0.490 e. The molecule has 0 unspecified atom stereocenters. The van der Waals surface area contributed by atoms with Gasteiger partial charge in [-0.15, -0.1) is 0 Å². The fourth-order valence-electron chi connectivity index (χ4n) is 2.26. The third kappa shape index (κ3) is 6.07. The lowest BCUT2D eigenvalue weighted by molar-refractivity contribution is -0.192. The standard InChI is InChI=1S/C15H15F2N5O.C2HF3O2/c1-22(2)8-9-4-3-5-10(6-9)15-19-14(21-23-15)11-7-18-20-12(11)13(16)17;3-2(4,5)1(6)7/h3-7,13H,8H2,1-2H3,(H,18,20);(H,6,7). The Labute approximate surface area is 166 Å². The highest BCUT2D eigenvalue weighted by molar-refractivity contribution is 5.73. The van der Waals surface area contributed by atoms with Crippen LogP contribution in [0.15, 0.2) is 35.0 Å². The molecule has 0 fully saturated rings. The lowest BCUT2D eigenvalue weighted by Crippen LogP contribution is -2.21. The molecule has 2 aromatic heterocycles. The number of aromatic nitrogens is 4. The summed E-state index contributed by atoms with van der Waals surface area (Å²) in [4.78, 5) is 15.1. The number of hydrogen-bond donors (Lipinski definition) is 2. The third-order valence-electron chi connectivity index (χ3n) is 3.47. The van der Waals surface area contributed by atoms with Crippen molar-refractivity contribution in [2.45, 2.75) is 19.1 Å². The van der Waals surface area contributed by atoms with E-state index < -0.39 is 18.6 Å². The van der Waals surface area contributed by atoms with Crippen LogP contribution in [-0.2, 0) is 11.3 Å². The smallest absolute Gasteiger partial charge is 0.475 e. The molecular weight excluding hydrogens is 417 g/mol. The Morgan fingerprint density at radius 3 is 2.53 bits per heavy atom. The van der Waals surface area contributed by atoms with E-state index in [1.807, 2.05) is 43.3 Å². The van der Waals surface area contributed by atoms with Crippen LogP contribution >= 0.6 is 0 Å². The Bertz CT molecular complexity index is 984. The summed E-state index contributed by atoms with van der Waals surface area (Å²) < 4.78 is 62.7. The number of carboxylic acids is 1. The third-order valence-corrected chi connectivity index (χ3v) is 3.47. The number of halogens is 5. The van der Waals surface area contributed by atoms with Gasteiger partial charge in [0, 0.05) is 12.1 Å². The Hall–Kier alpha value is -3.35. The van der Waals surface area contributed by atoms with E-state index in [-0.39, 0.29) is 23.0 Å². The number of aliphatic carboxylic acids is 1. The van der Waals surface area contributed by atoms with Crippen molar-refractivity contribution in [1.82, 2.24) is 25.2 Å². The van der Waals surface area contributed by atoms with Crippen molar-refractivity contribution in [1.29, 1.82) is 0 Å². The molecular formula is C17H16F5N5O3. The molecule has 0 aliphatic carbocycles. The van der Waals surface area contributed by atoms with Crippen LogP contribution in [-0.4, -0.2) is 56.6 Å². The molecule has 0 aliphatic heterocycles. The van der Waals surface area contributed by atoms with E-state index in [4.69, 9.17) is 14.4 Å². The van der Waals surface area contributed by atoms with Gasteiger partial charge in [0.25, 0.3) is 12.3 Å². The average Bonchev–Trinajstić information content (AvgIpc) is 3.30. The van der Waals surface area contributed by atoms with Crippen LogP contribution in [0.2, 0.25) is 0 Å². The number of H-pyrrole nitrogens is 1. The maximum absolute atomic E-state index is 12.9. The molecule has 2 heterocycles. The second-order valence-electron chi connectivity index (χ2n) is 6.16. The van der Waals surface area contributed by atoms with E-state index in [1.54, 1.807) is 0 Å². The lowest BCUT2D eigenvalue weighted by Gasteiger charge is -2.09. The van der Waals surface area contributed by atoms with Crippen LogP contribution in [0, 0.1) is 0 Å². The van der Waals surface area contributed by atoms with Crippen molar-refractivity contribution in [3.8, 4) is 22.8 Å². The van der Waals surface area contributed by atoms with Crippen molar-refractivity contribution in [3.63, 3.8) is 0 Å². The number of benzene rings is 1. The van der Waals surface area contributed by atoms with E-state index in [2.05, 4.69) is 20.3 Å². The summed E-state index contributed by atoms with van der Waals surface area (Å²) >= 11 is 0. The SMILES string of the molecule is CN(C)Cc1cccc(-c2nc(-c3cn[nH]c3C(F)F)no2)c1.O=C(O)C(F)(F)F. The Kier molecular flexibility index (Phi) is 7.21. The van der Waals surface area contributed by atoms with Crippen LogP contribution in [0.4, 0.5) is 22.0 Å². The first-order valence-corrected chi connectivity index (χ1v) is 8.18. The molecule has 0 atom stereocenters. The zero-order chi connectivity index (χ0) is 22.5. The molecule has 1 aromatic carbocycles. The summed E-state index contributed by atoms with van der Waals surface area (Å²) in [6.45, 7) is 0.770. The average molecular weight is 433 g/mol. The van der Waals surface area contributed by atoms with Gasteiger partial charge in [-0.3, -0.25) is 5.10 Å². The molecule has 3 aromatic rings. The summed E-state index contributed by atoms with van der Waals surface area (Å²) in [5.74, 6) is -2.39. The molecule has 162 valence electrons. The van der Waals surface area contributed by atoms with Gasteiger partial charge in [0.15, 0.2) is 0 Å². The normalized spacial score (nSPS) is 11.5. The van der Waals surface area contributed by atoms with Gasteiger partial charge >= 0.3 is 12.1 Å². The van der Waals surface area contributed by atoms with Gasteiger partial charge in [-0.1, -0.05) is 17.3 Å². The zero-order valence-corrected chi connectivity index (χ0v) is 15.6. The quantitative estimate of drug-likeness (QED) is 0.590. The van der Waals surface area contributed by atoms with E-state index >= 15 is 0 Å². The highest BCUT2D eigenvalue weighted by Crippen LogP contribution is 2.29. The Morgan fingerprint density at radius 1 is 1.30 bits per heavy atom. The number of alkyl halides is 5. The molecule has 30 heavy (non-hydrogen) atoms.